The van der Waals surface area contributed by atoms with Crippen LogP contribution < -0.4 is 10.1 Å². The van der Waals surface area contributed by atoms with Crippen LogP contribution in [0, 0.1) is 11.8 Å². The van der Waals surface area contributed by atoms with Crippen molar-refractivity contribution in [3.63, 3.8) is 0 Å². The molecule has 2 N–H and O–H groups in total. The average molecular weight is 390 g/mol. The molecule has 0 aromatic heterocycles. The monoisotopic (exact) mass is 390 g/mol. The van der Waals surface area contributed by atoms with Crippen molar-refractivity contribution in [2.45, 2.75) is 46.0 Å². The summed E-state index contributed by atoms with van der Waals surface area (Å²) in [6, 6.07) is 7.01. The summed E-state index contributed by atoms with van der Waals surface area (Å²) >= 11 is 0. The first-order valence-electron chi connectivity index (χ1n) is 9.95. The Hall–Kier alpha value is -2.57. The number of hydrogen-bond acceptors (Lipinski definition) is 4. The molecule has 1 aliphatic heterocycles. The van der Waals surface area contributed by atoms with E-state index in [9.17, 15) is 14.4 Å². The molecule has 1 saturated heterocycles. The SMILES string of the molecule is CCC(C)C(=O)N1CCCC(C(=O)Nc2ccc(OCCCC(=O)O)cc2)C1. The number of aliphatic carboxylic acids is 1. The highest BCUT2D eigenvalue weighted by Gasteiger charge is 2.29. The maximum atomic E-state index is 12.6. The summed E-state index contributed by atoms with van der Waals surface area (Å²) in [5, 5.41) is 11.5. The highest BCUT2D eigenvalue weighted by atomic mass is 16.5. The number of carbonyl (C=O) groups is 3. The Labute approximate surface area is 166 Å². The Morgan fingerprint density at radius 1 is 1.29 bits per heavy atom. The highest BCUT2D eigenvalue weighted by Crippen LogP contribution is 2.22. The molecule has 1 aromatic carbocycles. The third-order valence-electron chi connectivity index (χ3n) is 5.06. The zero-order valence-electron chi connectivity index (χ0n) is 16.6. The maximum absolute atomic E-state index is 12.6. The molecule has 1 fully saturated rings. The molecule has 0 radical (unpaired) electrons. The second-order valence-electron chi connectivity index (χ2n) is 7.29. The van der Waals surface area contributed by atoms with Gasteiger partial charge in [-0.25, -0.2) is 0 Å². The number of nitrogens with zero attached hydrogens (tertiary/aromatic N) is 1. The van der Waals surface area contributed by atoms with Gasteiger partial charge in [-0.1, -0.05) is 13.8 Å². The van der Waals surface area contributed by atoms with Crippen molar-refractivity contribution in [3.05, 3.63) is 24.3 Å². The van der Waals surface area contributed by atoms with Gasteiger partial charge >= 0.3 is 5.97 Å². The van der Waals surface area contributed by atoms with Gasteiger partial charge in [0.15, 0.2) is 0 Å². The van der Waals surface area contributed by atoms with Crippen LogP contribution in [-0.2, 0) is 14.4 Å². The number of piperidine rings is 1. The van der Waals surface area contributed by atoms with Gasteiger partial charge in [0.2, 0.25) is 11.8 Å². The molecule has 1 aromatic rings. The molecule has 2 atom stereocenters. The van der Waals surface area contributed by atoms with E-state index in [1.54, 1.807) is 24.3 Å². The predicted molar refractivity (Wildman–Crippen MR) is 106 cm³/mol. The number of benzene rings is 1. The first-order valence-corrected chi connectivity index (χ1v) is 9.95. The lowest BCUT2D eigenvalue weighted by Gasteiger charge is -2.33. The molecule has 0 saturated carbocycles. The van der Waals surface area contributed by atoms with Crippen LogP contribution in [0.1, 0.15) is 46.0 Å². The van der Waals surface area contributed by atoms with E-state index >= 15 is 0 Å². The topological polar surface area (TPSA) is 95.9 Å². The third kappa shape index (κ3) is 6.55. The molecule has 28 heavy (non-hydrogen) atoms. The Kier molecular flexibility index (Phi) is 8.29. The summed E-state index contributed by atoms with van der Waals surface area (Å²) in [5.41, 5.74) is 0.674. The van der Waals surface area contributed by atoms with E-state index in [4.69, 9.17) is 9.84 Å². The van der Waals surface area contributed by atoms with Crippen LogP contribution in [0.25, 0.3) is 0 Å². The minimum atomic E-state index is -0.839. The van der Waals surface area contributed by atoms with Crippen molar-refractivity contribution < 1.29 is 24.2 Å². The van der Waals surface area contributed by atoms with E-state index in [0.29, 0.717) is 31.0 Å². The second kappa shape index (κ2) is 10.7. The summed E-state index contributed by atoms with van der Waals surface area (Å²) in [6.07, 6.45) is 2.94. The minimum absolute atomic E-state index is 0.00939. The molecule has 2 amide bonds. The maximum Gasteiger partial charge on any atom is 0.303 e. The van der Waals surface area contributed by atoms with Gasteiger partial charge in [-0.3, -0.25) is 14.4 Å². The zero-order chi connectivity index (χ0) is 20.5. The van der Waals surface area contributed by atoms with E-state index in [-0.39, 0.29) is 30.1 Å². The van der Waals surface area contributed by atoms with Crippen LogP contribution in [0.4, 0.5) is 5.69 Å². The standard InChI is InChI=1S/C21H30N2O5/c1-3-15(2)21(27)23-12-4-6-16(14-23)20(26)22-17-8-10-18(11-9-17)28-13-5-7-19(24)25/h8-11,15-16H,3-7,12-14H2,1-2H3,(H,22,26)(H,24,25). The molecule has 0 aliphatic carbocycles. The Morgan fingerprint density at radius 3 is 2.64 bits per heavy atom. The summed E-state index contributed by atoms with van der Waals surface area (Å²) in [7, 11) is 0. The van der Waals surface area contributed by atoms with Gasteiger partial charge in [0, 0.05) is 31.1 Å². The number of hydrogen-bond donors (Lipinski definition) is 2. The summed E-state index contributed by atoms with van der Waals surface area (Å²) < 4.78 is 5.49. The number of nitrogens with one attached hydrogen (secondary N) is 1. The van der Waals surface area contributed by atoms with Crippen LogP contribution in [-0.4, -0.2) is 47.5 Å². The molecule has 1 aliphatic rings. The second-order valence-corrected chi connectivity index (χ2v) is 7.29. The molecule has 7 heteroatoms. The van der Waals surface area contributed by atoms with Crippen LogP contribution >= 0.6 is 0 Å². The molecule has 2 rings (SSSR count). The number of carboxylic acids is 1. The first kappa shape index (κ1) is 21.7. The van der Waals surface area contributed by atoms with Crippen LogP contribution in [0.15, 0.2) is 24.3 Å². The van der Waals surface area contributed by atoms with Gasteiger partial charge < -0.3 is 20.1 Å². The largest absolute Gasteiger partial charge is 0.494 e. The van der Waals surface area contributed by atoms with E-state index in [1.165, 1.54) is 0 Å². The van der Waals surface area contributed by atoms with Crippen LogP contribution in [0.3, 0.4) is 0 Å². The Bertz CT molecular complexity index is 674. The lowest BCUT2D eigenvalue weighted by atomic mass is 9.95. The number of rotatable bonds is 9. The van der Waals surface area contributed by atoms with E-state index < -0.39 is 5.97 Å². The van der Waals surface area contributed by atoms with Crippen molar-refractivity contribution in [2.75, 3.05) is 25.0 Å². The van der Waals surface area contributed by atoms with Gasteiger partial charge in [-0.15, -0.1) is 0 Å². The van der Waals surface area contributed by atoms with Crippen LogP contribution in [0.5, 0.6) is 5.75 Å². The molecule has 0 bridgehead atoms. The lowest BCUT2D eigenvalue weighted by Crippen LogP contribution is -2.45. The van der Waals surface area contributed by atoms with E-state index in [1.807, 2.05) is 18.7 Å². The lowest BCUT2D eigenvalue weighted by molar-refractivity contribution is -0.138. The summed E-state index contributed by atoms with van der Waals surface area (Å²) in [6.45, 7) is 5.45. The quantitative estimate of drug-likeness (QED) is 0.632. The normalized spacial score (nSPS) is 17.6. The van der Waals surface area contributed by atoms with Crippen molar-refractivity contribution in [3.8, 4) is 5.75 Å². The molecular formula is C21H30N2O5. The zero-order valence-corrected chi connectivity index (χ0v) is 16.6. The number of ether oxygens (including phenoxy) is 1. The van der Waals surface area contributed by atoms with Gasteiger partial charge in [0.1, 0.15) is 5.75 Å². The fourth-order valence-corrected chi connectivity index (χ4v) is 3.17. The first-order chi connectivity index (χ1) is 13.4. The summed E-state index contributed by atoms with van der Waals surface area (Å²) in [4.78, 5) is 37.3. The molecular weight excluding hydrogens is 360 g/mol. The van der Waals surface area contributed by atoms with Gasteiger partial charge in [0.25, 0.3) is 0 Å². The molecule has 0 spiro atoms. The number of likely N-dealkylation sites (tertiary alicyclic amines) is 1. The van der Waals surface area contributed by atoms with Gasteiger partial charge in [-0.2, -0.15) is 0 Å². The molecule has 154 valence electrons. The number of carboxylic acid groups (broad SMARTS) is 1. The van der Waals surface area contributed by atoms with Crippen molar-refractivity contribution >= 4 is 23.5 Å². The molecule has 1 heterocycles. The third-order valence-corrected chi connectivity index (χ3v) is 5.06. The number of carbonyl (C=O) groups excluding carboxylic acids is 2. The fraction of sp³-hybridized carbons (Fsp3) is 0.571. The van der Waals surface area contributed by atoms with Gasteiger partial charge in [0.05, 0.1) is 12.5 Å². The summed E-state index contributed by atoms with van der Waals surface area (Å²) in [5.74, 6) is -0.361. The Balaban J connectivity index is 1.83. The number of anilines is 1. The average Bonchev–Trinajstić information content (AvgIpc) is 2.71. The number of amides is 2. The Morgan fingerprint density at radius 2 is 2.00 bits per heavy atom. The fourth-order valence-electron chi connectivity index (χ4n) is 3.17. The van der Waals surface area contributed by atoms with Crippen molar-refractivity contribution in [1.29, 1.82) is 0 Å². The smallest absolute Gasteiger partial charge is 0.303 e. The van der Waals surface area contributed by atoms with E-state index in [0.717, 1.165) is 25.8 Å². The van der Waals surface area contributed by atoms with Gasteiger partial charge in [-0.05, 0) is 49.9 Å². The highest BCUT2D eigenvalue weighted by molar-refractivity contribution is 5.93. The minimum Gasteiger partial charge on any atom is -0.494 e. The van der Waals surface area contributed by atoms with E-state index in [2.05, 4.69) is 5.32 Å². The van der Waals surface area contributed by atoms with Crippen molar-refractivity contribution in [1.82, 2.24) is 4.90 Å². The van der Waals surface area contributed by atoms with Crippen molar-refractivity contribution in [2.24, 2.45) is 11.8 Å². The molecule has 7 nitrogen and oxygen atoms in total. The molecule has 2 unspecified atom stereocenters. The van der Waals surface area contributed by atoms with Crippen LogP contribution in [0.2, 0.25) is 0 Å². The predicted octanol–water partition coefficient (Wildman–Crippen LogP) is 3.15.